The number of hydrogen-bond donors (Lipinski definition) is 1. The third-order valence-corrected chi connectivity index (χ3v) is 5.49. The highest BCUT2D eigenvalue weighted by Crippen LogP contribution is 2.28. The summed E-state index contributed by atoms with van der Waals surface area (Å²) in [5.74, 6) is -0.150. The van der Waals surface area contributed by atoms with Crippen LogP contribution in [0.15, 0.2) is 23.6 Å². The van der Waals surface area contributed by atoms with E-state index in [1.54, 1.807) is 0 Å². The number of hydrogen-bond acceptors (Lipinski definition) is 2. The minimum absolute atomic E-state index is 0.150. The highest BCUT2D eigenvalue weighted by molar-refractivity contribution is 14.1. The van der Waals surface area contributed by atoms with E-state index in [4.69, 9.17) is 11.6 Å². The third-order valence-electron chi connectivity index (χ3n) is 2.62. The van der Waals surface area contributed by atoms with Crippen LogP contribution in [0, 0.1) is 17.4 Å². The monoisotopic (exact) mass is 391 g/mol. The van der Waals surface area contributed by atoms with Gasteiger partial charge in [0.05, 0.1) is 5.02 Å². The minimum Gasteiger partial charge on any atom is -0.321 e. The summed E-state index contributed by atoms with van der Waals surface area (Å²) < 4.78 is 1.12. The van der Waals surface area contributed by atoms with E-state index in [-0.39, 0.29) is 5.91 Å². The van der Waals surface area contributed by atoms with Crippen LogP contribution in [-0.2, 0) is 0 Å². The Labute approximate surface area is 129 Å². The Hall–Kier alpha value is -0.590. The summed E-state index contributed by atoms with van der Waals surface area (Å²) in [4.78, 5) is 12.7. The first-order valence-electron chi connectivity index (χ1n) is 5.30. The molecule has 2 rings (SSSR count). The number of benzene rings is 1. The fourth-order valence-electron chi connectivity index (χ4n) is 1.51. The molecule has 0 saturated heterocycles. The number of aryl methyl sites for hydroxylation is 1. The van der Waals surface area contributed by atoms with Crippen LogP contribution in [0.25, 0.3) is 0 Å². The Balaban J connectivity index is 2.27. The molecule has 0 radical (unpaired) electrons. The van der Waals surface area contributed by atoms with Crippen LogP contribution in [0.5, 0.6) is 0 Å². The molecular formula is C13H11ClINOS. The molecule has 1 aromatic carbocycles. The maximum absolute atomic E-state index is 12.1. The van der Waals surface area contributed by atoms with E-state index in [1.165, 1.54) is 11.3 Å². The van der Waals surface area contributed by atoms with Gasteiger partial charge in [0, 0.05) is 9.26 Å². The van der Waals surface area contributed by atoms with Crippen molar-refractivity contribution < 1.29 is 4.79 Å². The van der Waals surface area contributed by atoms with E-state index < -0.39 is 0 Å². The molecule has 1 amide bonds. The number of carbonyl (C=O) groups excluding carboxylic acids is 1. The van der Waals surface area contributed by atoms with Crippen molar-refractivity contribution in [1.82, 2.24) is 0 Å². The van der Waals surface area contributed by atoms with Gasteiger partial charge in [-0.2, -0.15) is 0 Å². The van der Waals surface area contributed by atoms with Crippen LogP contribution >= 0.6 is 45.5 Å². The van der Waals surface area contributed by atoms with Gasteiger partial charge in [0.1, 0.15) is 4.88 Å². The van der Waals surface area contributed by atoms with Gasteiger partial charge in [0.25, 0.3) is 5.91 Å². The second-order valence-electron chi connectivity index (χ2n) is 3.93. The van der Waals surface area contributed by atoms with Crippen LogP contribution in [0.1, 0.15) is 20.8 Å². The normalized spacial score (nSPS) is 10.4. The summed E-state index contributed by atoms with van der Waals surface area (Å²) >= 11 is 9.70. The number of anilines is 1. The first-order valence-corrected chi connectivity index (χ1v) is 7.64. The highest BCUT2D eigenvalue weighted by atomic mass is 127. The van der Waals surface area contributed by atoms with Gasteiger partial charge in [0.2, 0.25) is 0 Å². The molecule has 0 aliphatic heterocycles. The summed E-state index contributed by atoms with van der Waals surface area (Å²) in [6, 6.07) is 5.82. The summed E-state index contributed by atoms with van der Waals surface area (Å²) in [5, 5.41) is 5.33. The molecule has 94 valence electrons. The first kappa shape index (κ1) is 13.8. The van der Waals surface area contributed by atoms with Gasteiger partial charge in [0.15, 0.2) is 0 Å². The molecule has 0 unspecified atom stereocenters. The number of thiophene rings is 1. The van der Waals surface area contributed by atoms with Crippen LogP contribution in [0.3, 0.4) is 0 Å². The third kappa shape index (κ3) is 2.70. The van der Waals surface area contributed by atoms with Gasteiger partial charge in [-0.15, -0.1) is 11.3 Å². The molecule has 1 N–H and O–H groups in total. The van der Waals surface area contributed by atoms with Gasteiger partial charge in [-0.05, 0) is 65.1 Å². The predicted molar refractivity (Wildman–Crippen MR) is 85.9 cm³/mol. The van der Waals surface area contributed by atoms with Crippen molar-refractivity contribution in [3.63, 3.8) is 0 Å². The standard InChI is InChI=1S/C13H11ClINOS/c1-7-6-18-12(11(7)14)13(17)16-10-5-3-4-9(15)8(10)2/h3-6H,1-2H3,(H,16,17). The Morgan fingerprint density at radius 3 is 2.72 bits per heavy atom. The molecule has 1 aromatic heterocycles. The molecule has 0 aliphatic carbocycles. The molecule has 2 aromatic rings. The number of nitrogens with one attached hydrogen (secondary N) is 1. The Morgan fingerprint density at radius 1 is 1.39 bits per heavy atom. The van der Waals surface area contributed by atoms with Crippen molar-refractivity contribution in [1.29, 1.82) is 0 Å². The fourth-order valence-corrected chi connectivity index (χ4v) is 3.18. The van der Waals surface area contributed by atoms with Gasteiger partial charge in [-0.3, -0.25) is 4.79 Å². The SMILES string of the molecule is Cc1csc(C(=O)Nc2cccc(I)c2C)c1Cl. The Kier molecular flexibility index (Phi) is 4.29. The van der Waals surface area contributed by atoms with E-state index in [9.17, 15) is 4.79 Å². The maximum Gasteiger partial charge on any atom is 0.267 e. The second-order valence-corrected chi connectivity index (χ2v) is 6.35. The lowest BCUT2D eigenvalue weighted by atomic mass is 10.2. The van der Waals surface area contributed by atoms with Crippen LogP contribution in [0.4, 0.5) is 5.69 Å². The van der Waals surface area contributed by atoms with E-state index in [0.717, 1.165) is 20.4 Å². The summed E-state index contributed by atoms with van der Waals surface area (Å²) in [5.41, 5.74) is 2.83. The molecule has 0 bridgehead atoms. The van der Waals surface area contributed by atoms with E-state index >= 15 is 0 Å². The Morgan fingerprint density at radius 2 is 2.11 bits per heavy atom. The van der Waals surface area contributed by atoms with Gasteiger partial charge >= 0.3 is 0 Å². The molecule has 2 nitrogen and oxygen atoms in total. The molecule has 0 atom stereocenters. The van der Waals surface area contributed by atoms with Crippen molar-refractivity contribution in [2.45, 2.75) is 13.8 Å². The average molecular weight is 392 g/mol. The minimum atomic E-state index is -0.150. The van der Waals surface area contributed by atoms with Gasteiger partial charge < -0.3 is 5.32 Å². The predicted octanol–water partition coefficient (Wildman–Crippen LogP) is 4.88. The molecule has 0 fully saturated rings. The molecule has 5 heteroatoms. The number of carbonyl (C=O) groups is 1. The van der Waals surface area contributed by atoms with Crippen LogP contribution in [-0.4, -0.2) is 5.91 Å². The molecule has 0 saturated carbocycles. The average Bonchev–Trinajstić information content (AvgIpc) is 2.66. The smallest absolute Gasteiger partial charge is 0.267 e. The molecule has 0 spiro atoms. The number of amides is 1. The molecule has 1 heterocycles. The highest BCUT2D eigenvalue weighted by Gasteiger charge is 2.15. The summed E-state index contributed by atoms with van der Waals surface area (Å²) in [6.45, 7) is 3.88. The lowest BCUT2D eigenvalue weighted by Gasteiger charge is -2.09. The van der Waals surface area contributed by atoms with Gasteiger partial charge in [-0.1, -0.05) is 17.7 Å². The quantitative estimate of drug-likeness (QED) is 0.727. The summed E-state index contributed by atoms with van der Waals surface area (Å²) in [7, 11) is 0. The zero-order valence-corrected chi connectivity index (χ0v) is 13.6. The zero-order valence-electron chi connectivity index (χ0n) is 9.88. The van der Waals surface area contributed by atoms with E-state index in [1.807, 2.05) is 37.4 Å². The van der Waals surface area contributed by atoms with Crippen molar-refractivity contribution in [2.75, 3.05) is 5.32 Å². The lowest BCUT2D eigenvalue weighted by molar-refractivity contribution is 0.103. The van der Waals surface area contributed by atoms with Crippen LogP contribution in [0.2, 0.25) is 5.02 Å². The second kappa shape index (κ2) is 5.59. The molecule has 0 aliphatic rings. The van der Waals surface area contributed by atoms with E-state index in [0.29, 0.717) is 9.90 Å². The van der Waals surface area contributed by atoms with Crippen LogP contribution < -0.4 is 5.32 Å². The van der Waals surface area contributed by atoms with Gasteiger partial charge in [-0.25, -0.2) is 0 Å². The topological polar surface area (TPSA) is 29.1 Å². The molecular weight excluding hydrogens is 381 g/mol. The zero-order chi connectivity index (χ0) is 13.3. The van der Waals surface area contributed by atoms with Crippen molar-refractivity contribution in [3.8, 4) is 0 Å². The first-order chi connectivity index (χ1) is 8.50. The van der Waals surface area contributed by atoms with Crippen molar-refractivity contribution in [3.05, 3.63) is 48.2 Å². The lowest BCUT2D eigenvalue weighted by Crippen LogP contribution is -2.12. The maximum atomic E-state index is 12.1. The van der Waals surface area contributed by atoms with E-state index in [2.05, 4.69) is 27.9 Å². The largest absolute Gasteiger partial charge is 0.321 e. The fraction of sp³-hybridized carbons (Fsp3) is 0.154. The van der Waals surface area contributed by atoms with Crippen molar-refractivity contribution >= 4 is 57.1 Å². The molecule has 18 heavy (non-hydrogen) atoms. The summed E-state index contributed by atoms with van der Waals surface area (Å²) in [6.07, 6.45) is 0. The Bertz CT molecular complexity index is 609. The number of rotatable bonds is 2. The number of halogens is 2. The van der Waals surface area contributed by atoms with Crippen molar-refractivity contribution in [2.24, 2.45) is 0 Å².